The maximum Gasteiger partial charge on any atom is 0.223 e. The highest BCUT2D eigenvalue weighted by atomic mass is 16.2. The molecule has 1 rings (SSSR count). The van der Waals surface area contributed by atoms with Gasteiger partial charge in [0.25, 0.3) is 0 Å². The van der Waals surface area contributed by atoms with Crippen LogP contribution in [0, 0.1) is 16.7 Å². The van der Waals surface area contributed by atoms with Crippen molar-refractivity contribution in [3.63, 3.8) is 0 Å². The molecular formula is C17H30N4O2. The van der Waals surface area contributed by atoms with Gasteiger partial charge < -0.3 is 16.0 Å². The van der Waals surface area contributed by atoms with Crippen molar-refractivity contribution in [2.75, 3.05) is 19.6 Å². The Morgan fingerprint density at radius 1 is 1.35 bits per heavy atom. The van der Waals surface area contributed by atoms with E-state index in [-0.39, 0.29) is 12.3 Å². The monoisotopic (exact) mass is 322 g/mol. The minimum Gasteiger partial charge on any atom is -0.369 e. The van der Waals surface area contributed by atoms with Gasteiger partial charge >= 0.3 is 0 Å². The second-order valence-electron chi connectivity index (χ2n) is 7.19. The summed E-state index contributed by atoms with van der Waals surface area (Å²) < 4.78 is 0. The van der Waals surface area contributed by atoms with Crippen LogP contribution in [0.2, 0.25) is 0 Å². The molecular weight excluding hydrogens is 292 g/mol. The highest BCUT2D eigenvalue weighted by molar-refractivity contribution is 5.82. The van der Waals surface area contributed by atoms with E-state index in [1.807, 2.05) is 0 Å². The molecule has 0 bridgehead atoms. The van der Waals surface area contributed by atoms with Crippen LogP contribution < -0.4 is 11.1 Å². The number of rotatable bonds is 8. The molecule has 6 heteroatoms. The van der Waals surface area contributed by atoms with E-state index in [1.54, 1.807) is 13.8 Å². The van der Waals surface area contributed by atoms with Gasteiger partial charge in [-0.25, -0.2) is 0 Å². The molecule has 1 aliphatic heterocycles. The number of unbranched alkanes of at least 4 members (excludes halogenated alkanes) is 1. The molecule has 2 amide bonds. The van der Waals surface area contributed by atoms with Gasteiger partial charge in [-0.15, -0.1) is 0 Å². The summed E-state index contributed by atoms with van der Waals surface area (Å²) in [6, 6.07) is 2.29. The zero-order valence-electron chi connectivity index (χ0n) is 14.7. The first-order chi connectivity index (χ1) is 10.7. The number of nitrogens with two attached hydrogens (primary N) is 1. The number of carbonyl (C=O) groups is 2. The summed E-state index contributed by atoms with van der Waals surface area (Å²) in [7, 11) is 0. The molecule has 0 aromatic heterocycles. The Morgan fingerprint density at radius 3 is 2.43 bits per heavy atom. The van der Waals surface area contributed by atoms with E-state index in [0.29, 0.717) is 19.3 Å². The number of carbonyl (C=O) groups excluding carboxylic acids is 2. The van der Waals surface area contributed by atoms with Crippen LogP contribution in [0.1, 0.15) is 59.3 Å². The van der Waals surface area contributed by atoms with Gasteiger partial charge in [0.1, 0.15) is 5.54 Å². The van der Waals surface area contributed by atoms with Crippen molar-refractivity contribution >= 4 is 11.8 Å². The number of primary amides is 1. The fourth-order valence-corrected chi connectivity index (χ4v) is 2.68. The van der Waals surface area contributed by atoms with Gasteiger partial charge in [0.15, 0.2) is 0 Å². The molecule has 0 atom stereocenters. The van der Waals surface area contributed by atoms with Crippen molar-refractivity contribution in [3.8, 4) is 6.07 Å². The summed E-state index contributed by atoms with van der Waals surface area (Å²) in [5.41, 5.74) is 3.84. The van der Waals surface area contributed by atoms with Crippen LogP contribution >= 0.6 is 0 Å². The number of likely N-dealkylation sites (tertiary alicyclic amines) is 1. The van der Waals surface area contributed by atoms with Gasteiger partial charge in [-0.3, -0.25) is 9.59 Å². The Labute approximate surface area is 139 Å². The van der Waals surface area contributed by atoms with Gasteiger partial charge in [-0.1, -0.05) is 27.2 Å². The summed E-state index contributed by atoms with van der Waals surface area (Å²) in [5, 5.41) is 12.4. The van der Waals surface area contributed by atoms with Gasteiger partial charge in [0.05, 0.1) is 6.07 Å². The molecule has 6 nitrogen and oxygen atoms in total. The zero-order chi connectivity index (χ0) is 17.5. The number of nitrogens with one attached hydrogen (secondary N) is 1. The first-order valence-corrected chi connectivity index (χ1v) is 8.49. The molecule has 1 fully saturated rings. The van der Waals surface area contributed by atoms with Crippen LogP contribution in [0.4, 0.5) is 0 Å². The van der Waals surface area contributed by atoms with Crippen molar-refractivity contribution in [1.82, 2.24) is 10.2 Å². The van der Waals surface area contributed by atoms with Gasteiger partial charge in [0.2, 0.25) is 11.8 Å². The van der Waals surface area contributed by atoms with Crippen molar-refractivity contribution in [2.24, 2.45) is 11.1 Å². The minimum absolute atomic E-state index is 0.178. The molecule has 3 N–H and O–H groups in total. The second-order valence-corrected chi connectivity index (χ2v) is 7.19. The lowest BCUT2D eigenvalue weighted by molar-refractivity contribution is -0.127. The smallest absolute Gasteiger partial charge is 0.223 e. The summed E-state index contributed by atoms with van der Waals surface area (Å²) in [5.74, 6) is -0.590. The Morgan fingerprint density at radius 2 is 1.96 bits per heavy atom. The van der Waals surface area contributed by atoms with Crippen LogP contribution in [0.5, 0.6) is 0 Å². The first kappa shape index (κ1) is 19.4. The van der Waals surface area contributed by atoms with Crippen LogP contribution in [0.3, 0.4) is 0 Å². The summed E-state index contributed by atoms with van der Waals surface area (Å²) in [4.78, 5) is 25.8. The third-order valence-electron chi connectivity index (χ3n) is 4.77. The van der Waals surface area contributed by atoms with E-state index in [4.69, 9.17) is 5.73 Å². The van der Waals surface area contributed by atoms with Crippen molar-refractivity contribution in [3.05, 3.63) is 0 Å². The Bertz CT molecular complexity index is 460. The number of amides is 2. The van der Waals surface area contributed by atoms with Crippen molar-refractivity contribution in [2.45, 2.75) is 64.8 Å². The molecule has 1 aliphatic rings. The zero-order valence-corrected chi connectivity index (χ0v) is 14.7. The normalized spacial score (nSPS) is 18.2. The SMILES string of the molecule is CCCCN1CCC(C#N)(NC(=O)CCC(C)(C)C(N)=O)CC1. The quantitative estimate of drug-likeness (QED) is 0.708. The van der Waals surface area contributed by atoms with Crippen LogP contribution in [0.25, 0.3) is 0 Å². The maximum absolute atomic E-state index is 12.2. The lowest BCUT2D eigenvalue weighted by Gasteiger charge is -2.38. The molecule has 0 aromatic rings. The highest BCUT2D eigenvalue weighted by Crippen LogP contribution is 2.24. The van der Waals surface area contributed by atoms with E-state index >= 15 is 0 Å². The predicted octanol–water partition coefficient (Wildman–Crippen LogP) is 1.55. The molecule has 0 spiro atoms. The molecule has 0 aromatic carbocycles. The predicted molar refractivity (Wildman–Crippen MR) is 89.3 cm³/mol. The summed E-state index contributed by atoms with van der Waals surface area (Å²) in [6.45, 7) is 8.35. The second kappa shape index (κ2) is 8.30. The van der Waals surface area contributed by atoms with E-state index in [1.165, 1.54) is 0 Å². The molecule has 1 saturated heterocycles. The van der Waals surface area contributed by atoms with E-state index < -0.39 is 16.9 Å². The molecule has 130 valence electrons. The molecule has 0 unspecified atom stereocenters. The Balaban J connectivity index is 2.49. The molecule has 0 aliphatic carbocycles. The third kappa shape index (κ3) is 5.83. The Hall–Kier alpha value is -1.61. The van der Waals surface area contributed by atoms with E-state index in [0.717, 1.165) is 32.5 Å². The lowest BCUT2D eigenvalue weighted by atomic mass is 9.85. The fraction of sp³-hybridized carbons (Fsp3) is 0.824. The van der Waals surface area contributed by atoms with Crippen LogP contribution in [-0.2, 0) is 9.59 Å². The first-order valence-electron chi connectivity index (χ1n) is 8.49. The number of hydrogen-bond acceptors (Lipinski definition) is 4. The number of piperidine rings is 1. The van der Waals surface area contributed by atoms with Crippen LogP contribution in [0.15, 0.2) is 0 Å². The van der Waals surface area contributed by atoms with Crippen molar-refractivity contribution in [1.29, 1.82) is 5.26 Å². The summed E-state index contributed by atoms with van der Waals surface area (Å²) in [6.07, 6.45) is 4.22. The molecule has 0 saturated carbocycles. The van der Waals surface area contributed by atoms with Crippen LogP contribution in [-0.4, -0.2) is 41.9 Å². The maximum atomic E-state index is 12.2. The lowest BCUT2D eigenvalue weighted by Crippen LogP contribution is -2.54. The number of hydrogen-bond donors (Lipinski definition) is 2. The number of nitriles is 1. The highest BCUT2D eigenvalue weighted by Gasteiger charge is 2.36. The summed E-state index contributed by atoms with van der Waals surface area (Å²) >= 11 is 0. The van der Waals surface area contributed by atoms with E-state index in [9.17, 15) is 14.9 Å². The average Bonchev–Trinajstić information content (AvgIpc) is 2.52. The average molecular weight is 322 g/mol. The van der Waals surface area contributed by atoms with Gasteiger partial charge in [-0.05, 0) is 32.2 Å². The van der Waals surface area contributed by atoms with Crippen molar-refractivity contribution < 1.29 is 9.59 Å². The fourth-order valence-electron chi connectivity index (χ4n) is 2.68. The minimum atomic E-state index is -0.767. The van der Waals surface area contributed by atoms with Gasteiger partial charge in [-0.2, -0.15) is 5.26 Å². The molecule has 23 heavy (non-hydrogen) atoms. The van der Waals surface area contributed by atoms with Gasteiger partial charge in [0, 0.05) is 24.9 Å². The van der Waals surface area contributed by atoms with E-state index in [2.05, 4.69) is 23.2 Å². The molecule has 1 heterocycles. The third-order valence-corrected chi connectivity index (χ3v) is 4.77. The Kier molecular flexibility index (Phi) is 7.01. The standard InChI is InChI=1S/C17H30N4O2/c1-4-5-10-21-11-8-17(13-18,9-12-21)20-14(22)6-7-16(2,3)15(19)23/h4-12H2,1-3H3,(H2,19,23)(H,20,22). The largest absolute Gasteiger partial charge is 0.369 e. The topological polar surface area (TPSA) is 99.2 Å². The molecule has 0 radical (unpaired) electrons. The number of nitrogens with zero attached hydrogens (tertiary/aromatic N) is 2.